The van der Waals surface area contributed by atoms with Gasteiger partial charge in [-0.25, -0.2) is 0 Å². The second-order valence-electron chi connectivity index (χ2n) is 6.75. The fraction of sp³-hybridized carbons (Fsp3) is 0.750. The summed E-state index contributed by atoms with van der Waals surface area (Å²) < 4.78 is 5.62. The molecule has 3 atom stereocenters. The van der Waals surface area contributed by atoms with Gasteiger partial charge in [-0.05, 0) is 37.0 Å². The number of carbonyl (C=O) groups excluding carboxylic acids is 3. The van der Waals surface area contributed by atoms with Crippen LogP contribution in [0.4, 0.5) is 0 Å². The van der Waals surface area contributed by atoms with Crippen molar-refractivity contribution in [3.63, 3.8) is 0 Å². The van der Waals surface area contributed by atoms with Crippen molar-refractivity contribution in [3.05, 3.63) is 0 Å². The summed E-state index contributed by atoms with van der Waals surface area (Å²) in [5.74, 6) is 1.63. The third-order valence-electron chi connectivity index (χ3n) is 5.18. The monoisotopic (exact) mass is 370 g/mol. The standard InChI is InChI=1S/C16H22N2O4S2/c19-13(17-3-4-18-14(20)9-24-16(18)23)8-22-15(21)7-12-6-10-1-2-11(12)5-10/h10-12H,1-9H2,(H,17,19)/t10-,11+,12-/m1/s1. The highest BCUT2D eigenvalue weighted by Crippen LogP contribution is 2.49. The molecule has 3 fully saturated rings. The van der Waals surface area contributed by atoms with E-state index in [9.17, 15) is 14.4 Å². The lowest BCUT2D eigenvalue weighted by molar-refractivity contribution is -0.149. The van der Waals surface area contributed by atoms with Crippen LogP contribution in [0.15, 0.2) is 0 Å². The second kappa shape index (κ2) is 7.82. The van der Waals surface area contributed by atoms with Crippen molar-refractivity contribution in [3.8, 4) is 0 Å². The molecular formula is C16H22N2O4S2. The van der Waals surface area contributed by atoms with Crippen LogP contribution in [0.5, 0.6) is 0 Å². The first kappa shape index (κ1) is 17.7. The Hall–Kier alpha value is -1.15. The van der Waals surface area contributed by atoms with Crippen LogP contribution in [0, 0.1) is 17.8 Å². The second-order valence-corrected chi connectivity index (χ2v) is 8.36. The highest BCUT2D eigenvalue weighted by atomic mass is 32.2. The topological polar surface area (TPSA) is 75.7 Å². The lowest BCUT2D eigenvalue weighted by atomic mass is 9.86. The molecular weight excluding hydrogens is 348 g/mol. The van der Waals surface area contributed by atoms with Gasteiger partial charge >= 0.3 is 5.97 Å². The van der Waals surface area contributed by atoms with Crippen LogP contribution < -0.4 is 5.32 Å². The fourth-order valence-electron chi connectivity index (χ4n) is 4.00. The van der Waals surface area contributed by atoms with Gasteiger partial charge in [0.1, 0.15) is 4.32 Å². The number of nitrogens with one attached hydrogen (secondary N) is 1. The summed E-state index contributed by atoms with van der Waals surface area (Å²) >= 11 is 6.39. The summed E-state index contributed by atoms with van der Waals surface area (Å²) in [5, 5.41) is 2.65. The van der Waals surface area contributed by atoms with E-state index in [2.05, 4.69) is 5.32 Å². The molecule has 6 nitrogen and oxygen atoms in total. The Morgan fingerprint density at radius 2 is 2.17 bits per heavy atom. The van der Waals surface area contributed by atoms with Crippen LogP contribution >= 0.6 is 24.0 Å². The molecule has 2 bridgehead atoms. The first-order chi connectivity index (χ1) is 11.5. The SMILES string of the molecule is O=C(COC(=O)C[C@H]1C[C@@H]2CC[C@H]1C2)NCCN1C(=O)CSC1=S. The van der Waals surface area contributed by atoms with Gasteiger partial charge in [-0.2, -0.15) is 0 Å². The summed E-state index contributed by atoms with van der Waals surface area (Å²) in [6.45, 7) is 0.400. The molecule has 1 saturated heterocycles. The molecule has 1 aliphatic heterocycles. The molecule has 8 heteroatoms. The smallest absolute Gasteiger partial charge is 0.306 e. The van der Waals surface area contributed by atoms with Crippen LogP contribution in [-0.4, -0.2) is 52.5 Å². The lowest BCUT2D eigenvalue weighted by Gasteiger charge is -2.20. The van der Waals surface area contributed by atoms with Gasteiger partial charge in [0.05, 0.1) is 5.75 Å². The van der Waals surface area contributed by atoms with E-state index in [1.54, 1.807) is 0 Å². The normalized spacial score (nSPS) is 28.5. The van der Waals surface area contributed by atoms with Gasteiger partial charge in [-0.15, -0.1) is 0 Å². The molecule has 24 heavy (non-hydrogen) atoms. The molecule has 0 aromatic heterocycles. The van der Waals surface area contributed by atoms with Crippen LogP contribution in [0.2, 0.25) is 0 Å². The number of nitrogens with zero attached hydrogens (tertiary/aromatic N) is 1. The van der Waals surface area contributed by atoms with E-state index in [-0.39, 0.29) is 24.4 Å². The van der Waals surface area contributed by atoms with Crippen LogP contribution in [0.3, 0.4) is 0 Å². The van der Waals surface area contributed by atoms with Gasteiger partial charge in [0.2, 0.25) is 5.91 Å². The van der Waals surface area contributed by atoms with Gasteiger partial charge in [-0.1, -0.05) is 30.4 Å². The minimum atomic E-state index is -0.346. The highest BCUT2D eigenvalue weighted by molar-refractivity contribution is 8.23. The maximum Gasteiger partial charge on any atom is 0.306 e. The number of rotatable bonds is 7. The highest BCUT2D eigenvalue weighted by Gasteiger charge is 2.40. The average molecular weight is 370 g/mol. The van der Waals surface area contributed by atoms with Crippen molar-refractivity contribution < 1.29 is 19.1 Å². The van der Waals surface area contributed by atoms with Gasteiger partial charge in [0, 0.05) is 19.5 Å². The molecule has 2 amide bonds. The van der Waals surface area contributed by atoms with Crippen LogP contribution in [0.25, 0.3) is 0 Å². The van der Waals surface area contributed by atoms with Gasteiger partial charge < -0.3 is 10.1 Å². The minimum Gasteiger partial charge on any atom is -0.456 e. The van der Waals surface area contributed by atoms with Crippen molar-refractivity contribution in [2.24, 2.45) is 17.8 Å². The predicted molar refractivity (Wildman–Crippen MR) is 94.3 cm³/mol. The number of carbonyl (C=O) groups is 3. The number of esters is 1. The Labute approximate surface area is 151 Å². The van der Waals surface area contributed by atoms with Crippen LogP contribution in [0.1, 0.15) is 32.1 Å². The molecule has 0 aromatic carbocycles. The van der Waals surface area contributed by atoms with E-state index in [1.165, 1.54) is 35.9 Å². The van der Waals surface area contributed by atoms with E-state index in [0.29, 0.717) is 41.4 Å². The van der Waals surface area contributed by atoms with Crippen molar-refractivity contribution in [2.45, 2.75) is 32.1 Å². The molecule has 132 valence electrons. The van der Waals surface area contributed by atoms with E-state index in [4.69, 9.17) is 17.0 Å². The van der Waals surface area contributed by atoms with Crippen molar-refractivity contribution in [1.29, 1.82) is 0 Å². The van der Waals surface area contributed by atoms with E-state index < -0.39 is 0 Å². The van der Waals surface area contributed by atoms with Crippen LogP contribution in [-0.2, 0) is 19.1 Å². The van der Waals surface area contributed by atoms with Crippen molar-refractivity contribution in [1.82, 2.24) is 10.2 Å². The number of hydrogen-bond donors (Lipinski definition) is 1. The predicted octanol–water partition coefficient (Wildman–Crippen LogP) is 1.33. The number of fused-ring (bicyclic) bond motifs is 2. The summed E-state index contributed by atoms with van der Waals surface area (Å²) in [5.41, 5.74) is 0. The van der Waals surface area contributed by atoms with Crippen molar-refractivity contribution in [2.75, 3.05) is 25.4 Å². The number of hydrogen-bond acceptors (Lipinski definition) is 6. The lowest BCUT2D eigenvalue weighted by Crippen LogP contribution is -2.38. The maximum atomic E-state index is 11.9. The molecule has 0 radical (unpaired) electrons. The molecule has 3 rings (SSSR count). The first-order valence-corrected chi connectivity index (χ1v) is 9.81. The average Bonchev–Trinajstić information content (AvgIpc) is 3.24. The maximum absolute atomic E-state index is 11.9. The largest absolute Gasteiger partial charge is 0.456 e. The Morgan fingerprint density at radius 3 is 2.79 bits per heavy atom. The zero-order valence-electron chi connectivity index (χ0n) is 13.5. The third kappa shape index (κ3) is 4.27. The number of thioether (sulfide) groups is 1. The van der Waals surface area contributed by atoms with E-state index >= 15 is 0 Å². The quantitative estimate of drug-likeness (QED) is 0.538. The minimum absolute atomic E-state index is 0.0310. The molecule has 1 N–H and O–H groups in total. The van der Waals surface area contributed by atoms with E-state index in [0.717, 1.165) is 12.3 Å². The number of amides is 2. The number of ether oxygens (including phenoxy) is 1. The zero-order chi connectivity index (χ0) is 17.1. The summed E-state index contributed by atoms with van der Waals surface area (Å²) in [6, 6.07) is 0. The van der Waals surface area contributed by atoms with Crippen molar-refractivity contribution >= 4 is 46.1 Å². The van der Waals surface area contributed by atoms with Gasteiger partial charge in [0.15, 0.2) is 6.61 Å². The molecule has 0 spiro atoms. The molecule has 2 saturated carbocycles. The fourth-order valence-corrected chi connectivity index (χ4v) is 5.12. The Morgan fingerprint density at radius 1 is 1.33 bits per heavy atom. The Balaban J connectivity index is 1.29. The molecule has 2 aliphatic carbocycles. The zero-order valence-corrected chi connectivity index (χ0v) is 15.1. The molecule has 0 aromatic rings. The Kier molecular flexibility index (Phi) is 5.76. The number of thiocarbonyl (C=S) groups is 1. The summed E-state index contributed by atoms with van der Waals surface area (Å²) in [6.07, 6.45) is 5.36. The molecule has 0 unspecified atom stereocenters. The summed E-state index contributed by atoms with van der Waals surface area (Å²) in [4.78, 5) is 36.6. The molecule has 3 aliphatic rings. The molecule has 1 heterocycles. The first-order valence-electron chi connectivity index (χ1n) is 8.42. The Bertz CT molecular complexity index is 538. The van der Waals surface area contributed by atoms with E-state index in [1.807, 2.05) is 0 Å². The van der Waals surface area contributed by atoms with Gasteiger partial charge in [0.25, 0.3) is 5.91 Å². The summed E-state index contributed by atoms with van der Waals surface area (Å²) in [7, 11) is 0. The third-order valence-corrected chi connectivity index (χ3v) is 6.61. The van der Waals surface area contributed by atoms with Gasteiger partial charge in [-0.3, -0.25) is 19.3 Å².